The highest BCUT2D eigenvalue weighted by Gasteiger charge is 2.06. The molecule has 1 aromatic rings. The molecule has 0 spiro atoms. The van der Waals surface area contributed by atoms with Crippen LogP contribution >= 0.6 is 0 Å². The van der Waals surface area contributed by atoms with Crippen molar-refractivity contribution >= 4 is 17.9 Å². The minimum absolute atomic E-state index is 0.415. The summed E-state index contributed by atoms with van der Waals surface area (Å²) in [6.07, 6.45) is 4.63. The van der Waals surface area contributed by atoms with Gasteiger partial charge in [-0.25, -0.2) is 15.0 Å². The van der Waals surface area contributed by atoms with Crippen LogP contribution in [-0.4, -0.2) is 28.6 Å². The van der Waals surface area contributed by atoms with Crippen LogP contribution in [0.15, 0.2) is 22.4 Å². The molecule has 2 rings (SSSR count). The number of hydrogen-bond donors (Lipinski definition) is 1. The maximum Gasteiger partial charge on any atom is 0.141 e. The van der Waals surface area contributed by atoms with Gasteiger partial charge in [-0.15, -0.1) is 0 Å². The zero-order valence-electron chi connectivity index (χ0n) is 6.31. The lowest BCUT2D eigenvalue weighted by Gasteiger charge is -1.96. The maximum absolute atomic E-state index is 5.38. The number of aromatic nitrogens is 2. The first-order valence-corrected chi connectivity index (χ1v) is 3.49. The monoisotopic (exact) mass is 161 g/mol. The molecule has 0 aromatic carbocycles. The molecule has 5 heteroatoms. The Morgan fingerprint density at radius 3 is 2.75 bits per heavy atom. The summed E-state index contributed by atoms with van der Waals surface area (Å²) in [5, 5.41) is 0. The Morgan fingerprint density at radius 1 is 1.25 bits per heavy atom. The molecule has 1 aliphatic heterocycles. The molecule has 60 valence electrons. The average molecular weight is 161 g/mol. The molecule has 0 radical (unpaired) electrons. The van der Waals surface area contributed by atoms with E-state index in [0.29, 0.717) is 12.4 Å². The van der Waals surface area contributed by atoms with E-state index in [1.165, 1.54) is 12.5 Å². The van der Waals surface area contributed by atoms with Crippen molar-refractivity contribution < 1.29 is 0 Å². The van der Waals surface area contributed by atoms with Gasteiger partial charge >= 0.3 is 0 Å². The summed E-state index contributed by atoms with van der Waals surface area (Å²) in [5.74, 6) is 0.415. The quantitative estimate of drug-likeness (QED) is 0.624. The lowest BCUT2D eigenvalue weighted by atomic mass is 10.3. The first-order valence-electron chi connectivity index (χ1n) is 3.49. The van der Waals surface area contributed by atoms with Crippen molar-refractivity contribution in [3.05, 3.63) is 18.1 Å². The number of nitrogens with two attached hydrogens (primary N) is 1. The van der Waals surface area contributed by atoms with Crippen molar-refractivity contribution in [3.8, 4) is 0 Å². The second kappa shape index (κ2) is 2.69. The predicted octanol–water partition coefficient (Wildman–Crippen LogP) is -0.110. The van der Waals surface area contributed by atoms with Crippen LogP contribution in [0.1, 0.15) is 5.69 Å². The van der Waals surface area contributed by atoms with Crippen molar-refractivity contribution in [2.24, 2.45) is 9.98 Å². The third kappa shape index (κ3) is 1.16. The SMILES string of the molecule is Nc1cnc(C2=NC=NC2)cn1. The predicted molar refractivity (Wildman–Crippen MR) is 46.3 cm³/mol. The maximum atomic E-state index is 5.38. The van der Waals surface area contributed by atoms with Crippen molar-refractivity contribution in [1.82, 2.24) is 9.97 Å². The van der Waals surface area contributed by atoms with Gasteiger partial charge in [0.05, 0.1) is 24.7 Å². The highest BCUT2D eigenvalue weighted by Crippen LogP contribution is 2.01. The van der Waals surface area contributed by atoms with E-state index in [1.807, 2.05) is 0 Å². The fourth-order valence-corrected chi connectivity index (χ4v) is 0.913. The molecule has 1 aromatic heterocycles. The van der Waals surface area contributed by atoms with E-state index >= 15 is 0 Å². The summed E-state index contributed by atoms with van der Waals surface area (Å²) in [4.78, 5) is 15.9. The Bertz CT molecular complexity index is 337. The summed E-state index contributed by atoms with van der Waals surface area (Å²) in [6, 6.07) is 0. The van der Waals surface area contributed by atoms with E-state index in [4.69, 9.17) is 5.73 Å². The minimum atomic E-state index is 0.415. The Morgan fingerprint density at radius 2 is 2.17 bits per heavy atom. The molecule has 5 nitrogen and oxygen atoms in total. The number of nitrogen functional groups attached to an aromatic ring is 1. The molecule has 0 bridgehead atoms. The highest BCUT2D eigenvalue weighted by molar-refractivity contribution is 6.06. The summed E-state index contributed by atoms with van der Waals surface area (Å²) >= 11 is 0. The summed E-state index contributed by atoms with van der Waals surface area (Å²) in [7, 11) is 0. The Kier molecular flexibility index (Phi) is 1.55. The van der Waals surface area contributed by atoms with E-state index in [1.54, 1.807) is 6.20 Å². The van der Waals surface area contributed by atoms with Crippen molar-refractivity contribution in [1.29, 1.82) is 0 Å². The van der Waals surface area contributed by atoms with Crippen LogP contribution in [0, 0.1) is 0 Å². The standard InChI is InChI=1S/C7H7N5/c8-7-3-10-6(2-11-7)5-1-9-4-12-5/h2-4H,1H2,(H2,8,11). The van der Waals surface area contributed by atoms with Crippen molar-refractivity contribution in [2.45, 2.75) is 0 Å². The van der Waals surface area contributed by atoms with E-state index in [-0.39, 0.29) is 0 Å². The number of anilines is 1. The average Bonchev–Trinajstić information content (AvgIpc) is 2.58. The van der Waals surface area contributed by atoms with Gasteiger partial charge in [0.25, 0.3) is 0 Å². The van der Waals surface area contributed by atoms with Crippen LogP contribution in [0.3, 0.4) is 0 Å². The first kappa shape index (κ1) is 6.90. The lowest BCUT2D eigenvalue weighted by Crippen LogP contribution is -2.05. The largest absolute Gasteiger partial charge is 0.382 e. The summed E-state index contributed by atoms with van der Waals surface area (Å²) in [6.45, 7) is 0.582. The number of aliphatic imine (C=N–C) groups is 2. The molecule has 0 saturated heterocycles. The normalized spacial score (nSPS) is 14.8. The fraction of sp³-hybridized carbons (Fsp3) is 0.143. The topological polar surface area (TPSA) is 76.5 Å². The number of nitrogens with zero attached hydrogens (tertiary/aromatic N) is 4. The van der Waals surface area contributed by atoms with Crippen LogP contribution < -0.4 is 5.73 Å². The smallest absolute Gasteiger partial charge is 0.141 e. The molecule has 0 saturated carbocycles. The van der Waals surface area contributed by atoms with Gasteiger partial charge in [0.15, 0.2) is 0 Å². The molecule has 0 aliphatic carbocycles. The van der Waals surface area contributed by atoms with Gasteiger partial charge < -0.3 is 5.73 Å². The van der Waals surface area contributed by atoms with Crippen LogP contribution in [0.5, 0.6) is 0 Å². The molecule has 0 unspecified atom stereocenters. The molecule has 1 aliphatic rings. The van der Waals surface area contributed by atoms with Gasteiger partial charge in [0, 0.05) is 0 Å². The van der Waals surface area contributed by atoms with Gasteiger partial charge in [0.1, 0.15) is 17.9 Å². The molecular formula is C7H7N5. The van der Waals surface area contributed by atoms with E-state index in [2.05, 4.69) is 20.0 Å². The molecule has 12 heavy (non-hydrogen) atoms. The Balaban J connectivity index is 2.30. The van der Waals surface area contributed by atoms with Gasteiger partial charge in [0.2, 0.25) is 0 Å². The third-order valence-electron chi connectivity index (χ3n) is 1.50. The zero-order chi connectivity index (χ0) is 8.39. The van der Waals surface area contributed by atoms with Gasteiger partial charge in [-0.2, -0.15) is 0 Å². The first-order chi connectivity index (χ1) is 5.86. The third-order valence-corrected chi connectivity index (χ3v) is 1.50. The Labute approximate surface area is 69.1 Å². The second-order valence-corrected chi connectivity index (χ2v) is 2.36. The van der Waals surface area contributed by atoms with E-state index < -0.39 is 0 Å². The Hall–Kier alpha value is -1.78. The van der Waals surface area contributed by atoms with E-state index in [0.717, 1.165) is 11.4 Å². The molecule has 2 heterocycles. The van der Waals surface area contributed by atoms with Crippen LogP contribution in [0.4, 0.5) is 5.82 Å². The molecule has 2 N–H and O–H groups in total. The van der Waals surface area contributed by atoms with Crippen LogP contribution in [0.25, 0.3) is 0 Å². The molecule has 0 fully saturated rings. The van der Waals surface area contributed by atoms with Gasteiger partial charge in [-0.3, -0.25) is 4.99 Å². The van der Waals surface area contributed by atoms with Crippen molar-refractivity contribution in [2.75, 3.05) is 12.3 Å². The molecule has 0 amide bonds. The lowest BCUT2D eigenvalue weighted by molar-refractivity contribution is 1.17. The summed E-state index contributed by atoms with van der Waals surface area (Å²) in [5.41, 5.74) is 6.95. The highest BCUT2D eigenvalue weighted by atomic mass is 15.0. The van der Waals surface area contributed by atoms with Crippen LogP contribution in [0.2, 0.25) is 0 Å². The van der Waals surface area contributed by atoms with Crippen molar-refractivity contribution in [3.63, 3.8) is 0 Å². The van der Waals surface area contributed by atoms with Crippen LogP contribution in [-0.2, 0) is 0 Å². The van der Waals surface area contributed by atoms with Gasteiger partial charge in [-0.05, 0) is 0 Å². The fourth-order valence-electron chi connectivity index (χ4n) is 0.913. The second-order valence-electron chi connectivity index (χ2n) is 2.36. The zero-order valence-corrected chi connectivity index (χ0v) is 6.31. The number of rotatable bonds is 1. The van der Waals surface area contributed by atoms with Gasteiger partial charge in [-0.1, -0.05) is 0 Å². The number of hydrogen-bond acceptors (Lipinski definition) is 5. The molecular weight excluding hydrogens is 154 g/mol. The molecule has 0 atom stereocenters. The minimum Gasteiger partial charge on any atom is -0.382 e. The summed E-state index contributed by atoms with van der Waals surface area (Å²) < 4.78 is 0. The van der Waals surface area contributed by atoms with E-state index in [9.17, 15) is 0 Å².